The number of para-hydroxylation sites is 6. The molecule has 10 heteroatoms. The summed E-state index contributed by atoms with van der Waals surface area (Å²) in [5, 5.41) is 0. The third-order valence-corrected chi connectivity index (χ3v) is 10.3. The fourth-order valence-corrected chi connectivity index (χ4v) is 9.98. The number of benzene rings is 3. The SMILES string of the molecule is C[Si](C)(C)OP12(Oc3ccccc3OCCOCCOc3ccccc3O1)Oc1ccccc1O2. The van der Waals surface area contributed by atoms with Gasteiger partial charge in [0, 0.05) is 0 Å². The third-order valence-electron chi connectivity index (χ3n) is 4.93. The van der Waals surface area contributed by atoms with Crippen LogP contribution in [0.2, 0.25) is 19.6 Å². The molecular formula is C25H29O8PSi. The number of hydrogen-bond donors (Lipinski definition) is 0. The van der Waals surface area contributed by atoms with Crippen molar-refractivity contribution in [3.63, 3.8) is 0 Å². The standard InChI is InChI=1S/C25H29O8PSi/c1-35(2,3)33-34(31-24-14-8-9-15-25(24)32-34)29-22-12-6-4-10-20(22)27-18-16-26-17-19-28-21-11-5-7-13-23(21)30-34/h4-15H,16-19H2,1-3H3. The van der Waals surface area contributed by atoms with Gasteiger partial charge in [0.15, 0.2) is 0 Å². The Morgan fingerprint density at radius 1 is 0.543 bits per heavy atom. The molecule has 0 saturated heterocycles. The molecule has 0 radical (unpaired) electrons. The van der Waals surface area contributed by atoms with E-state index >= 15 is 0 Å². The van der Waals surface area contributed by atoms with Crippen LogP contribution in [-0.4, -0.2) is 34.7 Å². The van der Waals surface area contributed by atoms with Crippen molar-refractivity contribution >= 4 is 16.1 Å². The van der Waals surface area contributed by atoms with Gasteiger partial charge < -0.3 is 0 Å². The first-order chi connectivity index (χ1) is 16.8. The van der Waals surface area contributed by atoms with Gasteiger partial charge in [0.2, 0.25) is 0 Å². The summed E-state index contributed by atoms with van der Waals surface area (Å²) in [6.45, 7) is 7.49. The molecule has 0 N–H and O–H groups in total. The number of hydrogen-bond acceptors (Lipinski definition) is 8. The van der Waals surface area contributed by atoms with Gasteiger partial charge in [-0.3, -0.25) is 0 Å². The molecule has 0 atom stereocenters. The Morgan fingerprint density at radius 3 is 1.26 bits per heavy atom. The fraction of sp³-hybridized carbons (Fsp3) is 0.280. The second kappa shape index (κ2) is 9.24. The molecule has 0 fully saturated rings. The van der Waals surface area contributed by atoms with Gasteiger partial charge in [-0.05, 0) is 0 Å². The molecule has 5 rings (SSSR count). The van der Waals surface area contributed by atoms with Crippen LogP contribution in [0.4, 0.5) is 0 Å². The van der Waals surface area contributed by atoms with Crippen molar-refractivity contribution < 1.29 is 36.5 Å². The second-order valence-corrected chi connectivity index (χ2v) is 16.1. The molecule has 3 aromatic carbocycles. The summed E-state index contributed by atoms with van der Waals surface area (Å²) in [5.41, 5.74) is 0. The summed E-state index contributed by atoms with van der Waals surface area (Å²) in [5.74, 6) is 2.66. The average Bonchev–Trinajstić information content (AvgIpc) is 3.12. The Labute approximate surface area is 206 Å². The minimum atomic E-state index is -4.86. The number of fused-ring (bicyclic) bond motifs is 3. The Kier molecular flexibility index (Phi) is 6.27. The van der Waals surface area contributed by atoms with Crippen LogP contribution in [0.25, 0.3) is 0 Å². The van der Waals surface area contributed by atoms with Gasteiger partial charge in [0.05, 0.1) is 0 Å². The van der Waals surface area contributed by atoms with Gasteiger partial charge in [-0.1, -0.05) is 0 Å². The van der Waals surface area contributed by atoms with Crippen LogP contribution in [0.3, 0.4) is 0 Å². The molecule has 0 aromatic heterocycles. The van der Waals surface area contributed by atoms with Crippen LogP contribution in [-0.2, 0) is 8.95 Å². The molecule has 186 valence electrons. The first-order valence-corrected chi connectivity index (χ1v) is 16.7. The fourth-order valence-electron chi connectivity index (χ4n) is 3.69. The van der Waals surface area contributed by atoms with Gasteiger partial charge in [-0.2, -0.15) is 0 Å². The molecule has 0 bridgehead atoms. The molecule has 0 amide bonds. The Bertz CT molecular complexity index is 1120. The molecule has 2 heterocycles. The van der Waals surface area contributed by atoms with Crippen molar-refractivity contribution in [1.29, 1.82) is 0 Å². The Hall–Kier alpha value is -2.97. The molecular weight excluding hydrogens is 487 g/mol. The van der Waals surface area contributed by atoms with E-state index in [0.29, 0.717) is 60.9 Å². The molecule has 8 nitrogen and oxygen atoms in total. The third kappa shape index (κ3) is 5.18. The van der Waals surface area contributed by atoms with Gasteiger partial charge in [-0.15, -0.1) is 0 Å². The molecule has 1 spiro atoms. The molecule has 3 aromatic rings. The van der Waals surface area contributed by atoms with Crippen LogP contribution >= 0.6 is 7.74 Å². The zero-order chi connectivity index (χ0) is 24.4. The monoisotopic (exact) mass is 516 g/mol. The maximum absolute atomic E-state index is 6.72. The zero-order valence-electron chi connectivity index (χ0n) is 20.0. The summed E-state index contributed by atoms with van der Waals surface area (Å²) >= 11 is 0. The van der Waals surface area contributed by atoms with Crippen LogP contribution in [0.1, 0.15) is 0 Å². The summed E-state index contributed by atoms with van der Waals surface area (Å²) in [6, 6.07) is 21.9. The summed E-state index contributed by atoms with van der Waals surface area (Å²) in [7, 11) is -7.29. The van der Waals surface area contributed by atoms with Gasteiger partial charge in [-0.25, -0.2) is 0 Å². The summed E-state index contributed by atoms with van der Waals surface area (Å²) in [6.07, 6.45) is 0. The second-order valence-electron chi connectivity index (χ2n) is 8.96. The molecule has 0 saturated carbocycles. The van der Waals surface area contributed by atoms with Gasteiger partial charge >= 0.3 is 206 Å². The Morgan fingerprint density at radius 2 is 0.886 bits per heavy atom. The minimum absolute atomic E-state index is 0.324. The van der Waals surface area contributed by atoms with Crippen LogP contribution < -0.4 is 27.6 Å². The summed E-state index contributed by atoms with van der Waals surface area (Å²) in [4.78, 5) is 0. The molecule has 0 aliphatic carbocycles. The molecule has 2 aliphatic rings. The van der Waals surface area contributed by atoms with E-state index in [0.717, 1.165) is 0 Å². The van der Waals surface area contributed by atoms with E-state index < -0.39 is 16.1 Å². The van der Waals surface area contributed by atoms with Gasteiger partial charge in [0.1, 0.15) is 0 Å². The predicted octanol–water partition coefficient (Wildman–Crippen LogP) is 6.38. The van der Waals surface area contributed by atoms with Crippen molar-refractivity contribution in [2.45, 2.75) is 19.6 Å². The van der Waals surface area contributed by atoms with Crippen molar-refractivity contribution in [2.75, 3.05) is 26.4 Å². The number of ether oxygens (including phenoxy) is 3. The maximum atomic E-state index is 6.72. The first-order valence-electron chi connectivity index (χ1n) is 11.5. The van der Waals surface area contributed by atoms with E-state index in [1.165, 1.54) is 0 Å². The molecule has 35 heavy (non-hydrogen) atoms. The van der Waals surface area contributed by atoms with E-state index in [9.17, 15) is 0 Å². The summed E-state index contributed by atoms with van der Waals surface area (Å²) < 4.78 is 50.6. The zero-order valence-corrected chi connectivity index (χ0v) is 21.9. The van der Waals surface area contributed by atoms with E-state index in [1.807, 2.05) is 68.2 Å². The van der Waals surface area contributed by atoms with Crippen molar-refractivity contribution in [3.8, 4) is 34.5 Å². The van der Waals surface area contributed by atoms with Gasteiger partial charge in [0.25, 0.3) is 0 Å². The predicted molar refractivity (Wildman–Crippen MR) is 135 cm³/mol. The van der Waals surface area contributed by atoms with Crippen molar-refractivity contribution in [2.24, 2.45) is 0 Å². The van der Waals surface area contributed by atoms with Crippen LogP contribution in [0, 0.1) is 0 Å². The van der Waals surface area contributed by atoms with Crippen molar-refractivity contribution in [1.82, 2.24) is 0 Å². The van der Waals surface area contributed by atoms with E-state index in [-0.39, 0.29) is 0 Å². The van der Waals surface area contributed by atoms with E-state index in [2.05, 4.69) is 0 Å². The molecule has 2 aliphatic heterocycles. The normalized spacial score (nSPS) is 19.7. The topological polar surface area (TPSA) is 73.8 Å². The van der Waals surface area contributed by atoms with E-state index in [4.69, 9.17) is 36.5 Å². The van der Waals surface area contributed by atoms with Crippen LogP contribution in [0.5, 0.6) is 34.5 Å². The van der Waals surface area contributed by atoms with E-state index in [1.54, 1.807) is 24.3 Å². The average molecular weight is 517 g/mol. The van der Waals surface area contributed by atoms with Crippen LogP contribution in [0.15, 0.2) is 72.8 Å². The first kappa shape index (κ1) is 23.8. The Balaban J connectivity index is 1.70. The quantitative estimate of drug-likeness (QED) is 0.287. The molecule has 0 unspecified atom stereocenters. The van der Waals surface area contributed by atoms with Crippen molar-refractivity contribution in [3.05, 3.63) is 72.8 Å². The number of rotatable bonds is 2.